The van der Waals surface area contributed by atoms with Crippen LogP contribution in [0.4, 0.5) is 0 Å². The van der Waals surface area contributed by atoms with Gasteiger partial charge in [0.05, 0.1) is 12.2 Å². The van der Waals surface area contributed by atoms with Gasteiger partial charge in [0.25, 0.3) is 0 Å². The Hall–Kier alpha value is -3.24. The van der Waals surface area contributed by atoms with Crippen LogP contribution in [0.2, 0.25) is 5.02 Å². The molecule has 0 aliphatic heterocycles. The van der Waals surface area contributed by atoms with E-state index >= 15 is 0 Å². The van der Waals surface area contributed by atoms with Crippen LogP contribution in [0.25, 0.3) is 22.0 Å². The summed E-state index contributed by atoms with van der Waals surface area (Å²) in [5.74, 6) is -0.0822. The van der Waals surface area contributed by atoms with Crippen LogP contribution in [0.1, 0.15) is 27.9 Å². The van der Waals surface area contributed by atoms with E-state index in [2.05, 4.69) is 16.7 Å². The summed E-state index contributed by atoms with van der Waals surface area (Å²) < 4.78 is 8.12. The molecule has 0 saturated heterocycles. The number of rotatable bonds is 7. The molecule has 5 heteroatoms. The molecular formula is C26H24ClNO3. The number of ether oxygens (including phenoxy) is 1. The fourth-order valence-corrected chi connectivity index (χ4v) is 4.08. The SMILES string of the molecule is Cc1cc(OCCCn2ccc3c(-c4ccccc4C(=O)O)cccc32)cc(C)c1Cl. The normalized spacial score (nSPS) is 11.1. The first-order chi connectivity index (χ1) is 15.0. The van der Waals surface area contributed by atoms with E-state index in [1.165, 1.54) is 0 Å². The molecule has 1 heterocycles. The van der Waals surface area contributed by atoms with Gasteiger partial charge in [-0.2, -0.15) is 0 Å². The topological polar surface area (TPSA) is 51.5 Å². The van der Waals surface area contributed by atoms with Crippen LogP contribution in [0.5, 0.6) is 5.75 Å². The minimum atomic E-state index is -0.920. The molecule has 0 amide bonds. The van der Waals surface area contributed by atoms with Crippen molar-refractivity contribution in [2.24, 2.45) is 0 Å². The van der Waals surface area contributed by atoms with Crippen molar-refractivity contribution in [1.29, 1.82) is 0 Å². The summed E-state index contributed by atoms with van der Waals surface area (Å²) in [4.78, 5) is 11.7. The van der Waals surface area contributed by atoms with Gasteiger partial charge in [0.2, 0.25) is 0 Å². The molecule has 0 atom stereocenters. The van der Waals surface area contributed by atoms with Crippen molar-refractivity contribution < 1.29 is 14.6 Å². The predicted octanol–water partition coefficient (Wildman–Crippen LogP) is 6.75. The van der Waals surface area contributed by atoms with E-state index in [0.29, 0.717) is 12.2 Å². The number of nitrogens with zero attached hydrogens (tertiary/aromatic N) is 1. The second-order valence-corrected chi connectivity index (χ2v) is 8.05. The van der Waals surface area contributed by atoms with Crippen LogP contribution in [0, 0.1) is 13.8 Å². The zero-order valence-electron chi connectivity index (χ0n) is 17.6. The molecule has 0 radical (unpaired) electrons. The maximum Gasteiger partial charge on any atom is 0.336 e. The van der Waals surface area contributed by atoms with Gasteiger partial charge in [-0.25, -0.2) is 4.79 Å². The molecule has 4 nitrogen and oxygen atoms in total. The molecule has 0 saturated carbocycles. The van der Waals surface area contributed by atoms with E-state index in [9.17, 15) is 9.90 Å². The van der Waals surface area contributed by atoms with Crippen molar-refractivity contribution in [3.8, 4) is 16.9 Å². The van der Waals surface area contributed by atoms with Crippen LogP contribution in [0.3, 0.4) is 0 Å². The van der Waals surface area contributed by atoms with Gasteiger partial charge in [-0.1, -0.05) is 41.9 Å². The third-order valence-electron chi connectivity index (χ3n) is 5.48. The highest BCUT2D eigenvalue weighted by Crippen LogP contribution is 2.32. The van der Waals surface area contributed by atoms with Gasteiger partial charge in [-0.3, -0.25) is 0 Å². The van der Waals surface area contributed by atoms with Gasteiger partial charge < -0.3 is 14.4 Å². The summed E-state index contributed by atoms with van der Waals surface area (Å²) in [6.45, 7) is 5.36. The number of aromatic carboxylic acids is 1. The molecule has 0 fully saturated rings. The second kappa shape index (κ2) is 8.86. The van der Waals surface area contributed by atoms with Crippen molar-refractivity contribution in [2.45, 2.75) is 26.8 Å². The molecule has 0 bridgehead atoms. The highest BCUT2D eigenvalue weighted by atomic mass is 35.5. The molecule has 31 heavy (non-hydrogen) atoms. The summed E-state index contributed by atoms with van der Waals surface area (Å²) in [6, 6.07) is 19.1. The number of fused-ring (bicyclic) bond motifs is 1. The number of benzene rings is 3. The van der Waals surface area contributed by atoms with Crippen LogP contribution in [-0.4, -0.2) is 22.2 Å². The summed E-state index contributed by atoms with van der Waals surface area (Å²) in [5.41, 5.74) is 5.08. The maximum atomic E-state index is 11.7. The minimum absolute atomic E-state index is 0.310. The van der Waals surface area contributed by atoms with Gasteiger partial charge in [0.1, 0.15) is 5.75 Å². The number of aromatic nitrogens is 1. The standard InChI is InChI=1S/C26H24ClNO3/c1-17-15-19(16-18(2)25(17)27)31-14-6-12-28-13-11-22-20(9-5-10-24(22)28)21-7-3-4-8-23(21)26(29)30/h3-5,7-11,13,15-16H,6,12,14H2,1-2H3,(H,29,30). The Kier molecular flexibility index (Phi) is 6.01. The van der Waals surface area contributed by atoms with E-state index in [1.54, 1.807) is 12.1 Å². The van der Waals surface area contributed by atoms with Crippen LogP contribution < -0.4 is 4.74 Å². The van der Waals surface area contributed by atoms with Crippen molar-refractivity contribution in [2.75, 3.05) is 6.61 Å². The Labute approximate surface area is 186 Å². The quantitative estimate of drug-likeness (QED) is 0.328. The maximum absolute atomic E-state index is 11.7. The minimum Gasteiger partial charge on any atom is -0.494 e. The van der Waals surface area contributed by atoms with Gasteiger partial charge in [-0.05, 0) is 72.9 Å². The Bertz CT molecular complexity index is 1240. The zero-order chi connectivity index (χ0) is 22.0. The molecule has 0 unspecified atom stereocenters. The number of halogens is 1. The Morgan fingerprint density at radius 2 is 1.71 bits per heavy atom. The second-order valence-electron chi connectivity index (χ2n) is 7.67. The highest BCUT2D eigenvalue weighted by molar-refractivity contribution is 6.32. The number of hydrogen-bond donors (Lipinski definition) is 1. The molecule has 4 rings (SSSR count). The third-order valence-corrected chi connectivity index (χ3v) is 6.08. The number of carboxylic acids is 1. The number of aryl methyl sites for hydroxylation is 3. The fraction of sp³-hybridized carbons (Fsp3) is 0.192. The fourth-order valence-electron chi connectivity index (χ4n) is 3.97. The predicted molar refractivity (Wildman–Crippen MR) is 125 cm³/mol. The van der Waals surface area contributed by atoms with Crippen molar-refractivity contribution in [1.82, 2.24) is 4.57 Å². The zero-order valence-corrected chi connectivity index (χ0v) is 18.3. The van der Waals surface area contributed by atoms with E-state index in [0.717, 1.165) is 56.9 Å². The summed E-state index contributed by atoms with van der Waals surface area (Å²) in [6.07, 6.45) is 2.90. The van der Waals surface area contributed by atoms with Gasteiger partial charge in [0, 0.05) is 28.7 Å². The Morgan fingerprint density at radius 1 is 1.00 bits per heavy atom. The molecule has 0 aliphatic rings. The lowest BCUT2D eigenvalue weighted by atomic mass is 9.97. The first kappa shape index (κ1) is 21.0. The number of carboxylic acid groups (broad SMARTS) is 1. The first-order valence-electron chi connectivity index (χ1n) is 10.3. The van der Waals surface area contributed by atoms with Crippen molar-refractivity contribution in [3.05, 3.63) is 88.6 Å². The smallest absolute Gasteiger partial charge is 0.336 e. The molecule has 0 aliphatic carbocycles. The largest absolute Gasteiger partial charge is 0.494 e. The summed E-state index contributed by atoms with van der Waals surface area (Å²) in [5, 5.41) is 11.4. The lowest BCUT2D eigenvalue weighted by molar-refractivity contribution is 0.0697. The molecule has 158 valence electrons. The number of hydrogen-bond acceptors (Lipinski definition) is 2. The monoisotopic (exact) mass is 433 g/mol. The molecule has 1 N–H and O–H groups in total. The van der Waals surface area contributed by atoms with E-state index in [1.807, 2.05) is 56.4 Å². The summed E-state index contributed by atoms with van der Waals surface area (Å²) in [7, 11) is 0. The molecule has 4 aromatic rings. The van der Waals surface area contributed by atoms with E-state index in [4.69, 9.17) is 16.3 Å². The van der Waals surface area contributed by atoms with Crippen LogP contribution in [-0.2, 0) is 6.54 Å². The van der Waals surface area contributed by atoms with E-state index < -0.39 is 5.97 Å². The van der Waals surface area contributed by atoms with Crippen LogP contribution in [0.15, 0.2) is 66.9 Å². The first-order valence-corrected chi connectivity index (χ1v) is 10.6. The lowest BCUT2D eigenvalue weighted by Gasteiger charge is -2.11. The van der Waals surface area contributed by atoms with Gasteiger partial charge in [0.15, 0.2) is 0 Å². The lowest BCUT2D eigenvalue weighted by Crippen LogP contribution is -2.04. The Morgan fingerprint density at radius 3 is 2.45 bits per heavy atom. The molecule has 3 aromatic carbocycles. The van der Waals surface area contributed by atoms with Crippen LogP contribution >= 0.6 is 11.6 Å². The summed E-state index contributed by atoms with van der Waals surface area (Å²) >= 11 is 6.23. The molecular weight excluding hydrogens is 410 g/mol. The van der Waals surface area contributed by atoms with Crippen molar-refractivity contribution in [3.63, 3.8) is 0 Å². The highest BCUT2D eigenvalue weighted by Gasteiger charge is 2.14. The number of carbonyl (C=O) groups is 1. The van der Waals surface area contributed by atoms with Gasteiger partial charge in [-0.15, -0.1) is 0 Å². The molecule has 0 spiro atoms. The van der Waals surface area contributed by atoms with E-state index in [-0.39, 0.29) is 0 Å². The molecule has 1 aromatic heterocycles. The average molecular weight is 434 g/mol. The Balaban J connectivity index is 1.51. The average Bonchev–Trinajstić information content (AvgIpc) is 3.18. The van der Waals surface area contributed by atoms with Crippen molar-refractivity contribution >= 4 is 28.5 Å². The van der Waals surface area contributed by atoms with Gasteiger partial charge >= 0.3 is 5.97 Å². The third kappa shape index (κ3) is 4.30.